The van der Waals surface area contributed by atoms with E-state index in [2.05, 4.69) is 16.0 Å². The summed E-state index contributed by atoms with van der Waals surface area (Å²) >= 11 is 0. The van der Waals surface area contributed by atoms with Crippen molar-refractivity contribution in [1.29, 1.82) is 0 Å². The van der Waals surface area contributed by atoms with Crippen molar-refractivity contribution in [2.24, 2.45) is 0 Å². The van der Waals surface area contributed by atoms with Crippen LogP contribution in [-0.2, 0) is 14.3 Å². The Bertz CT molecular complexity index is 654. The van der Waals surface area contributed by atoms with Crippen molar-refractivity contribution in [2.75, 3.05) is 25.1 Å². The molecule has 1 aliphatic heterocycles. The van der Waals surface area contributed by atoms with E-state index in [1.165, 1.54) is 7.11 Å². The second-order valence-corrected chi connectivity index (χ2v) is 5.21. The lowest BCUT2D eigenvalue weighted by atomic mass is 10.1. The Kier molecular flexibility index (Phi) is 3.75. The summed E-state index contributed by atoms with van der Waals surface area (Å²) in [7, 11) is 1.39. The van der Waals surface area contributed by atoms with Crippen LogP contribution in [-0.4, -0.2) is 43.4 Å². The van der Waals surface area contributed by atoms with E-state index in [-0.39, 0.29) is 12.1 Å². The van der Waals surface area contributed by atoms with Gasteiger partial charge in [0.25, 0.3) is 0 Å². The predicted octanol–water partition coefficient (Wildman–Crippen LogP) is 2.00. The van der Waals surface area contributed by atoms with E-state index in [9.17, 15) is 4.79 Å². The molecule has 3 rings (SSSR count). The number of pyridine rings is 1. The van der Waals surface area contributed by atoms with E-state index in [1.807, 2.05) is 31.2 Å². The van der Waals surface area contributed by atoms with Crippen molar-refractivity contribution in [3.8, 4) is 0 Å². The number of morpholine rings is 1. The first-order chi connectivity index (χ1) is 10.2. The molecule has 0 amide bonds. The average Bonchev–Trinajstić information content (AvgIpc) is 2.53. The third-order valence-electron chi connectivity index (χ3n) is 3.69. The topological polar surface area (TPSA) is 51.7 Å². The first-order valence-electron chi connectivity index (χ1n) is 7.01. The molecule has 0 saturated carbocycles. The number of aromatic nitrogens is 1. The zero-order chi connectivity index (χ0) is 14.8. The number of benzene rings is 1. The number of hydrogen-bond donors (Lipinski definition) is 0. The number of methoxy groups -OCH3 is 1. The molecule has 0 bridgehead atoms. The largest absolute Gasteiger partial charge is 0.467 e. The summed E-state index contributed by atoms with van der Waals surface area (Å²) in [5.74, 6) is -0.329. The van der Waals surface area contributed by atoms with E-state index in [1.54, 1.807) is 6.20 Å². The zero-order valence-corrected chi connectivity index (χ0v) is 12.2. The molecule has 1 aromatic heterocycles. The molecule has 5 nitrogen and oxygen atoms in total. The van der Waals surface area contributed by atoms with Crippen LogP contribution in [0.2, 0.25) is 0 Å². The van der Waals surface area contributed by atoms with Crippen molar-refractivity contribution in [3.63, 3.8) is 0 Å². The van der Waals surface area contributed by atoms with Gasteiger partial charge in [-0.05, 0) is 31.2 Å². The first-order valence-corrected chi connectivity index (χ1v) is 7.01. The lowest BCUT2D eigenvalue weighted by Crippen LogP contribution is -2.50. The molecule has 2 atom stereocenters. The number of hydrogen-bond acceptors (Lipinski definition) is 5. The Morgan fingerprint density at radius 1 is 1.33 bits per heavy atom. The molecule has 0 N–H and O–H groups in total. The second kappa shape index (κ2) is 5.69. The van der Waals surface area contributed by atoms with Gasteiger partial charge in [0.2, 0.25) is 0 Å². The van der Waals surface area contributed by atoms with Crippen LogP contribution >= 0.6 is 0 Å². The van der Waals surface area contributed by atoms with Gasteiger partial charge in [0.05, 0.1) is 25.3 Å². The molecule has 110 valence electrons. The molecular weight excluding hydrogens is 268 g/mol. The van der Waals surface area contributed by atoms with E-state index >= 15 is 0 Å². The van der Waals surface area contributed by atoms with E-state index in [0.717, 1.165) is 23.1 Å². The highest BCUT2D eigenvalue weighted by Gasteiger charge is 2.31. The number of carbonyl (C=O) groups is 1. The molecular formula is C16H18N2O3. The number of ether oxygens (including phenoxy) is 2. The van der Waals surface area contributed by atoms with Crippen LogP contribution < -0.4 is 4.90 Å². The lowest BCUT2D eigenvalue weighted by molar-refractivity contribution is -0.158. The van der Waals surface area contributed by atoms with Crippen molar-refractivity contribution >= 4 is 22.6 Å². The lowest BCUT2D eigenvalue weighted by Gasteiger charge is -2.37. The Balaban J connectivity index is 1.96. The molecule has 1 aromatic carbocycles. The molecule has 0 aliphatic carbocycles. The monoisotopic (exact) mass is 286 g/mol. The van der Waals surface area contributed by atoms with Gasteiger partial charge < -0.3 is 14.4 Å². The second-order valence-electron chi connectivity index (χ2n) is 5.21. The fourth-order valence-electron chi connectivity index (χ4n) is 2.77. The molecule has 2 heterocycles. The number of esters is 1. The van der Waals surface area contributed by atoms with E-state index < -0.39 is 6.10 Å². The number of nitrogens with zero attached hydrogens (tertiary/aromatic N) is 2. The highest BCUT2D eigenvalue weighted by Crippen LogP contribution is 2.28. The molecule has 21 heavy (non-hydrogen) atoms. The third-order valence-corrected chi connectivity index (χ3v) is 3.69. The molecule has 0 unspecified atom stereocenters. The smallest absolute Gasteiger partial charge is 0.336 e. The maximum Gasteiger partial charge on any atom is 0.336 e. The van der Waals surface area contributed by atoms with Crippen molar-refractivity contribution < 1.29 is 14.3 Å². The van der Waals surface area contributed by atoms with Gasteiger partial charge in [-0.2, -0.15) is 0 Å². The zero-order valence-electron chi connectivity index (χ0n) is 12.2. The summed E-state index contributed by atoms with van der Waals surface area (Å²) in [4.78, 5) is 18.3. The molecule has 0 radical (unpaired) electrons. The van der Waals surface area contributed by atoms with Crippen molar-refractivity contribution in [2.45, 2.75) is 19.1 Å². The average molecular weight is 286 g/mol. The van der Waals surface area contributed by atoms with Gasteiger partial charge in [-0.3, -0.25) is 4.98 Å². The molecule has 2 aromatic rings. The van der Waals surface area contributed by atoms with Gasteiger partial charge in [-0.1, -0.05) is 6.07 Å². The summed E-state index contributed by atoms with van der Waals surface area (Å²) in [5, 5.41) is 1.08. The highest BCUT2D eigenvalue weighted by atomic mass is 16.6. The summed E-state index contributed by atoms with van der Waals surface area (Å²) in [6.07, 6.45) is 1.20. The first kappa shape index (κ1) is 13.8. The van der Waals surface area contributed by atoms with Crippen LogP contribution in [0.1, 0.15) is 6.92 Å². The summed E-state index contributed by atoms with van der Waals surface area (Å²) in [5.41, 5.74) is 2.02. The van der Waals surface area contributed by atoms with Gasteiger partial charge >= 0.3 is 5.97 Å². The fourth-order valence-corrected chi connectivity index (χ4v) is 2.77. The maximum absolute atomic E-state index is 11.8. The summed E-state index contributed by atoms with van der Waals surface area (Å²) < 4.78 is 10.5. The van der Waals surface area contributed by atoms with Crippen LogP contribution in [0.15, 0.2) is 36.5 Å². The normalized spacial score (nSPS) is 22.3. The van der Waals surface area contributed by atoms with Crippen molar-refractivity contribution in [1.82, 2.24) is 4.98 Å². The molecule has 1 aliphatic rings. The predicted molar refractivity (Wildman–Crippen MR) is 80.3 cm³/mol. The van der Waals surface area contributed by atoms with Crippen molar-refractivity contribution in [3.05, 3.63) is 36.5 Å². The molecule has 0 spiro atoms. The van der Waals surface area contributed by atoms with E-state index in [4.69, 9.17) is 9.47 Å². The highest BCUT2D eigenvalue weighted by molar-refractivity contribution is 5.92. The van der Waals surface area contributed by atoms with Gasteiger partial charge in [0.1, 0.15) is 0 Å². The Morgan fingerprint density at radius 3 is 3.00 bits per heavy atom. The third kappa shape index (κ3) is 2.69. The van der Waals surface area contributed by atoms with Crippen LogP contribution in [0.3, 0.4) is 0 Å². The number of rotatable bonds is 2. The molecule has 1 saturated heterocycles. The Morgan fingerprint density at radius 2 is 2.19 bits per heavy atom. The Labute approximate surface area is 123 Å². The molecule has 1 fully saturated rings. The minimum Gasteiger partial charge on any atom is -0.467 e. The van der Waals surface area contributed by atoms with E-state index in [0.29, 0.717) is 6.54 Å². The summed E-state index contributed by atoms with van der Waals surface area (Å²) in [6, 6.07) is 9.99. The minimum absolute atomic E-state index is 0.0326. The SMILES string of the molecule is COC(=O)[C@H]1CN(c2cccc3ncccc23)C[C@@H](C)O1. The van der Waals surface area contributed by atoms with Crippen LogP contribution in [0.5, 0.6) is 0 Å². The Hall–Kier alpha value is -2.14. The van der Waals surface area contributed by atoms with Gasteiger partial charge in [0, 0.05) is 23.8 Å². The van der Waals surface area contributed by atoms with Crippen LogP contribution in [0.25, 0.3) is 10.9 Å². The minimum atomic E-state index is -0.550. The molecule has 5 heteroatoms. The number of carbonyl (C=O) groups excluding carboxylic acids is 1. The quantitative estimate of drug-likeness (QED) is 0.790. The maximum atomic E-state index is 11.8. The van der Waals surface area contributed by atoms with Gasteiger partial charge in [-0.25, -0.2) is 4.79 Å². The van der Waals surface area contributed by atoms with Gasteiger partial charge in [0.15, 0.2) is 6.10 Å². The number of fused-ring (bicyclic) bond motifs is 1. The standard InChI is InChI=1S/C16H18N2O3/c1-11-9-18(10-15(21-11)16(19)20-2)14-7-3-6-13-12(14)5-4-8-17-13/h3-8,11,15H,9-10H2,1-2H3/t11-,15-/m1/s1. The number of anilines is 1. The summed E-state index contributed by atoms with van der Waals surface area (Å²) in [6.45, 7) is 3.19. The fraction of sp³-hybridized carbons (Fsp3) is 0.375. The van der Waals surface area contributed by atoms with Crippen LogP contribution in [0, 0.1) is 0 Å². The van der Waals surface area contributed by atoms with Gasteiger partial charge in [-0.15, -0.1) is 0 Å². The van der Waals surface area contributed by atoms with Crippen LogP contribution in [0.4, 0.5) is 5.69 Å².